The number of methoxy groups -OCH3 is 1. The number of benzene rings is 3. The monoisotopic (exact) mass is 409 g/mol. The molecule has 0 N–H and O–H groups in total. The van der Waals surface area contributed by atoms with Crippen molar-refractivity contribution in [3.8, 4) is 5.75 Å². The summed E-state index contributed by atoms with van der Waals surface area (Å²) in [5.41, 5.74) is 4.17. The molecule has 0 spiro atoms. The standard InChI is InChI=1S/C24H27NO3S/c1-18-15-23(28-4)19(2)20(3)24(18)29(26,27)25(16-21-11-7-5-8-12-21)17-22-13-9-6-10-14-22/h5-15H,16-17H2,1-4H3. The first kappa shape index (κ1) is 21.1. The molecule has 3 aromatic rings. The van der Waals surface area contributed by atoms with Gasteiger partial charge in [-0.1, -0.05) is 60.7 Å². The number of hydrogen-bond acceptors (Lipinski definition) is 3. The van der Waals surface area contributed by atoms with Crippen LogP contribution >= 0.6 is 0 Å². The molecule has 5 heteroatoms. The van der Waals surface area contributed by atoms with Gasteiger partial charge in [-0.3, -0.25) is 0 Å². The van der Waals surface area contributed by atoms with Gasteiger partial charge in [-0.15, -0.1) is 0 Å². The van der Waals surface area contributed by atoms with Crippen LogP contribution in [0, 0.1) is 20.8 Å². The Morgan fingerprint density at radius 1 is 0.793 bits per heavy atom. The Labute approximate surface area is 173 Å². The Bertz CT molecular complexity index is 1040. The van der Waals surface area contributed by atoms with Crippen molar-refractivity contribution in [2.75, 3.05) is 7.11 Å². The largest absolute Gasteiger partial charge is 0.496 e. The summed E-state index contributed by atoms with van der Waals surface area (Å²) in [5.74, 6) is 0.705. The fraction of sp³-hybridized carbons (Fsp3) is 0.250. The van der Waals surface area contributed by atoms with Crippen LogP contribution in [0.5, 0.6) is 5.75 Å². The number of aryl methyl sites for hydroxylation is 1. The minimum atomic E-state index is -3.73. The lowest BCUT2D eigenvalue weighted by atomic mass is 10.1. The van der Waals surface area contributed by atoms with Crippen molar-refractivity contribution in [2.45, 2.75) is 38.8 Å². The fourth-order valence-corrected chi connectivity index (χ4v) is 5.46. The van der Waals surface area contributed by atoms with Crippen LogP contribution in [0.4, 0.5) is 0 Å². The van der Waals surface area contributed by atoms with E-state index in [2.05, 4.69) is 0 Å². The molecule has 0 aliphatic rings. The summed E-state index contributed by atoms with van der Waals surface area (Å²) < 4.78 is 34.6. The summed E-state index contributed by atoms with van der Waals surface area (Å²) in [5, 5.41) is 0. The average molecular weight is 410 g/mol. The zero-order chi connectivity index (χ0) is 21.0. The van der Waals surface area contributed by atoms with Crippen molar-refractivity contribution in [1.29, 1.82) is 0 Å². The summed E-state index contributed by atoms with van der Waals surface area (Å²) in [6.45, 7) is 6.18. The number of hydrogen-bond donors (Lipinski definition) is 0. The molecule has 0 atom stereocenters. The highest BCUT2D eigenvalue weighted by Gasteiger charge is 2.29. The van der Waals surface area contributed by atoms with Gasteiger partial charge in [-0.25, -0.2) is 8.42 Å². The van der Waals surface area contributed by atoms with Crippen LogP contribution < -0.4 is 4.74 Å². The topological polar surface area (TPSA) is 46.6 Å². The van der Waals surface area contributed by atoms with E-state index in [0.717, 1.165) is 22.3 Å². The molecule has 0 aliphatic carbocycles. The van der Waals surface area contributed by atoms with Gasteiger partial charge in [0.15, 0.2) is 0 Å². The Balaban J connectivity index is 2.10. The third-order valence-electron chi connectivity index (χ3n) is 5.20. The van der Waals surface area contributed by atoms with E-state index in [1.54, 1.807) is 17.5 Å². The van der Waals surface area contributed by atoms with Gasteiger partial charge in [-0.05, 0) is 54.7 Å². The maximum Gasteiger partial charge on any atom is 0.244 e. The molecule has 0 unspecified atom stereocenters. The van der Waals surface area contributed by atoms with Crippen LogP contribution in [0.2, 0.25) is 0 Å². The fourth-order valence-electron chi connectivity index (χ4n) is 3.56. The van der Waals surface area contributed by atoms with Crippen molar-refractivity contribution in [3.05, 3.63) is 94.5 Å². The summed E-state index contributed by atoms with van der Waals surface area (Å²) >= 11 is 0. The zero-order valence-electron chi connectivity index (χ0n) is 17.3. The highest BCUT2D eigenvalue weighted by Crippen LogP contribution is 2.33. The van der Waals surface area contributed by atoms with E-state index in [0.29, 0.717) is 29.3 Å². The molecule has 4 nitrogen and oxygen atoms in total. The van der Waals surface area contributed by atoms with Crippen LogP contribution in [0.25, 0.3) is 0 Å². The molecule has 0 saturated heterocycles. The third-order valence-corrected chi connectivity index (χ3v) is 7.28. The van der Waals surface area contributed by atoms with E-state index in [9.17, 15) is 8.42 Å². The van der Waals surface area contributed by atoms with Gasteiger partial charge in [-0.2, -0.15) is 4.31 Å². The minimum absolute atomic E-state index is 0.308. The van der Waals surface area contributed by atoms with E-state index < -0.39 is 10.0 Å². The van der Waals surface area contributed by atoms with Crippen molar-refractivity contribution < 1.29 is 13.2 Å². The summed E-state index contributed by atoms with van der Waals surface area (Å²) in [4.78, 5) is 0.364. The SMILES string of the molecule is COc1cc(C)c(S(=O)(=O)N(Cc2ccccc2)Cc2ccccc2)c(C)c1C. The molecule has 3 rings (SSSR count). The van der Waals surface area contributed by atoms with Gasteiger partial charge in [0.2, 0.25) is 10.0 Å². The van der Waals surface area contributed by atoms with Crippen molar-refractivity contribution in [2.24, 2.45) is 0 Å². The Morgan fingerprint density at radius 3 is 1.72 bits per heavy atom. The minimum Gasteiger partial charge on any atom is -0.496 e. The molecule has 0 amide bonds. The predicted octanol–water partition coefficient (Wildman–Crippen LogP) is 5.01. The van der Waals surface area contributed by atoms with E-state index in [-0.39, 0.29) is 0 Å². The Hall–Kier alpha value is -2.63. The van der Waals surface area contributed by atoms with Gasteiger partial charge >= 0.3 is 0 Å². The van der Waals surface area contributed by atoms with Crippen molar-refractivity contribution in [1.82, 2.24) is 4.31 Å². The van der Waals surface area contributed by atoms with Crippen molar-refractivity contribution >= 4 is 10.0 Å². The number of nitrogens with zero attached hydrogens (tertiary/aromatic N) is 1. The summed E-state index contributed by atoms with van der Waals surface area (Å²) in [6.07, 6.45) is 0. The summed E-state index contributed by atoms with van der Waals surface area (Å²) in [6, 6.07) is 21.2. The lowest BCUT2D eigenvalue weighted by Crippen LogP contribution is -2.31. The first-order chi connectivity index (χ1) is 13.8. The average Bonchev–Trinajstić information content (AvgIpc) is 2.71. The van der Waals surface area contributed by atoms with Gasteiger partial charge in [0, 0.05) is 13.1 Å². The molecule has 152 valence electrons. The maximum absolute atomic E-state index is 13.8. The van der Waals surface area contributed by atoms with E-state index >= 15 is 0 Å². The molecule has 0 aromatic heterocycles. The predicted molar refractivity (Wildman–Crippen MR) is 117 cm³/mol. The highest BCUT2D eigenvalue weighted by atomic mass is 32.2. The Morgan fingerprint density at radius 2 is 1.28 bits per heavy atom. The van der Waals surface area contributed by atoms with Gasteiger partial charge in [0.05, 0.1) is 12.0 Å². The second-order valence-corrected chi connectivity index (χ2v) is 9.09. The first-order valence-corrected chi connectivity index (χ1v) is 11.0. The normalized spacial score (nSPS) is 11.6. The van der Waals surface area contributed by atoms with Crippen LogP contribution in [0.15, 0.2) is 71.6 Å². The molecule has 0 radical (unpaired) electrons. The highest BCUT2D eigenvalue weighted by molar-refractivity contribution is 7.89. The molecule has 3 aromatic carbocycles. The van der Waals surface area contributed by atoms with Crippen molar-refractivity contribution in [3.63, 3.8) is 0 Å². The number of ether oxygens (including phenoxy) is 1. The van der Waals surface area contributed by atoms with Crippen LogP contribution in [0.1, 0.15) is 27.8 Å². The van der Waals surface area contributed by atoms with E-state index in [1.807, 2.05) is 81.4 Å². The van der Waals surface area contributed by atoms with Gasteiger partial charge in [0.25, 0.3) is 0 Å². The number of sulfonamides is 1. The molecular weight excluding hydrogens is 382 g/mol. The van der Waals surface area contributed by atoms with Crippen LogP contribution in [-0.2, 0) is 23.1 Å². The molecule has 0 bridgehead atoms. The maximum atomic E-state index is 13.8. The molecule has 29 heavy (non-hydrogen) atoms. The Kier molecular flexibility index (Phi) is 6.40. The number of rotatable bonds is 7. The second kappa shape index (κ2) is 8.80. The van der Waals surface area contributed by atoms with Crippen LogP contribution in [0.3, 0.4) is 0 Å². The smallest absolute Gasteiger partial charge is 0.244 e. The first-order valence-electron chi connectivity index (χ1n) is 9.57. The van der Waals surface area contributed by atoms with Gasteiger partial charge < -0.3 is 4.74 Å². The lowest BCUT2D eigenvalue weighted by molar-refractivity contribution is 0.398. The lowest BCUT2D eigenvalue weighted by Gasteiger charge is -2.25. The van der Waals surface area contributed by atoms with E-state index in [1.165, 1.54) is 0 Å². The molecule has 0 aliphatic heterocycles. The second-order valence-electron chi connectivity index (χ2n) is 7.22. The zero-order valence-corrected chi connectivity index (χ0v) is 18.2. The molecular formula is C24H27NO3S. The molecule has 0 heterocycles. The van der Waals surface area contributed by atoms with E-state index in [4.69, 9.17) is 4.74 Å². The quantitative estimate of drug-likeness (QED) is 0.551. The van der Waals surface area contributed by atoms with Crippen LogP contribution in [-0.4, -0.2) is 19.8 Å². The third kappa shape index (κ3) is 4.52. The molecule has 0 saturated carbocycles. The summed E-state index contributed by atoms with van der Waals surface area (Å²) in [7, 11) is -2.12. The molecule has 0 fully saturated rings. The van der Waals surface area contributed by atoms with Gasteiger partial charge in [0.1, 0.15) is 5.75 Å².